The zero-order valence-electron chi connectivity index (χ0n) is 8.32. The minimum absolute atomic E-state index is 0.0596. The van der Waals surface area contributed by atoms with Crippen LogP contribution in [0.25, 0.3) is 0 Å². The van der Waals surface area contributed by atoms with Crippen molar-refractivity contribution in [3.8, 4) is 0 Å². The van der Waals surface area contributed by atoms with E-state index in [1.165, 1.54) is 19.9 Å². The van der Waals surface area contributed by atoms with E-state index in [0.717, 1.165) is 0 Å². The molecule has 0 unspecified atom stereocenters. The molecule has 0 bridgehead atoms. The fourth-order valence-electron chi connectivity index (χ4n) is 1.32. The van der Waals surface area contributed by atoms with Crippen molar-refractivity contribution >= 4 is 37.0 Å². The average molecular weight is 284 g/mol. The highest BCUT2D eigenvalue weighted by molar-refractivity contribution is 8.13. The van der Waals surface area contributed by atoms with E-state index in [9.17, 15) is 18.5 Å². The van der Waals surface area contributed by atoms with Gasteiger partial charge in [-0.05, 0) is 19.4 Å². The fourth-order valence-corrected chi connectivity index (χ4v) is 3.36. The van der Waals surface area contributed by atoms with E-state index in [1.807, 2.05) is 0 Å². The van der Waals surface area contributed by atoms with Crippen molar-refractivity contribution in [1.29, 1.82) is 0 Å². The summed E-state index contributed by atoms with van der Waals surface area (Å²) < 4.78 is 22.5. The Kier molecular flexibility index (Phi) is 3.47. The molecule has 0 N–H and O–H groups in total. The zero-order chi connectivity index (χ0) is 12.7. The van der Waals surface area contributed by atoms with Crippen molar-refractivity contribution in [3.05, 3.63) is 32.3 Å². The Hall–Kier alpha value is -0.850. The van der Waals surface area contributed by atoms with Crippen LogP contribution < -0.4 is 0 Å². The highest BCUT2D eigenvalue weighted by atomic mass is 35.7. The molecule has 0 aliphatic carbocycles. The molecule has 0 saturated carbocycles. The number of nitro groups is 1. The second-order valence-corrected chi connectivity index (χ2v) is 6.06. The first-order chi connectivity index (χ1) is 7.16. The van der Waals surface area contributed by atoms with E-state index in [-0.39, 0.29) is 21.8 Å². The molecule has 0 amide bonds. The van der Waals surface area contributed by atoms with Gasteiger partial charge in [0.05, 0.1) is 9.95 Å². The molecule has 1 aromatic rings. The lowest BCUT2D eigenvalue weighted by atomic mass is 10.1. The SMILES string of the molecule is Cc1cc([N+](=O)[O-])c(C)c(S(=O)(=O)Cl)c1Cl. The molecule has 5 nitrogen and oxygen atoms in total. The standard InChI is InChI=1S/C8H7Cl2NO4S/c1-4-3-6(11(12)13)5(2)8(7(4)9)16(10,14)15/h3H,1-2H3. The van der Waals surface area contributed by atoms with Crippen LogP contribution in [-0.2, 0) is 9.05 Å². The van der Waals surface area contributed by atoms with Crippen LogP contribution in [0.4, 0.5) is 5.69 Å². The summed E-state index contributed by atoms with van der Waals surface area (Å²) >= 11 is 5.77. The highest BCUT2D eigenvalue weighted by Gasteiger charge is 2.26. The number of benzene rings is 1. The minimum atomic E-state index is -4.11. The Morgan fingerprint density at radius 1 is 1.38 bits per heavy atom. The van der Waals surface area contributed by atoms with Gasteiger partial charge in [-0.25, -0.2) is 8.42 Å². The summed E-state index contributed by atoms with van der Waals surface area (Å²) in [5.74, 6) is 0. The molecule has 0 fully saturated rings. The molecule has 1 aromatic carbocycles. The Bertz CT molecular complexity index is 568. The molecular weight excluding hydrogens is 277 g/mol. The number of nitro benzene ring substituents is 1. The van der Waals surface area contributed by atoms with Gasteiger partial charge in [-0.2, -0.15) is 0 Å². The molecule has 0 heterocycles. The van der Waals surface area contributed by atoms with Crippen molar-refractivity contribution in [2.24, 2.45) is 0 Å². The van der Waals surface area contributed by atoms with Crippen LogP contribution in [0, 0.1) is 24.0 Å². The maximum atomic E-state index is 11.3. The molecule has 0 spiro atoms. The smallest absolute Gasteiger partial charge is 0.258 e. The quantitative estimate of drug-likeness (QED) is 0.475. The first kappa shape index (κ1) is 13.2. The lowest BCUT2D eigenvalue weighted by molar-refractivity contribution is -0.385. The molecule has 88 valence electrons. The van der Waals surface area contributed by atoms with Gasteiger partial charge < -0.3 is 0 Å². The summed E-state index contributed by atoms with van der Waals surface area (Å²) in [5.41, 5.74) is -0.0880. The summed E-state index contributed by atoms with van der Waals surface area (Å²) in [7, 11) is 1.08. The second-order valence-electron chi connectivity index (χ2n) is 3.18. The third-order valence-corrected chi connectivity index (χ3v) is 4.12. The largest absolute Gasteiger partial charge is 0.274 e. The monoisotopic (exact) mass is 283 g/mol. The molecule has 0 aliphatic rings. The van der Waals surface area contributed by atoms with Gasteiger partial charge in [0.15, 0.2) is 0 Å². The van der Waals surface area contributed by atoms with Crippen molar-refractivity contribution in [1.82, 2.24) is 0 Å². The molecule has 8 heteroatoms. The molecular formula is C8H7Cl2NO4S. The predicted octanol–water partition coefficient (Wildman–Crippen LogP) is 2.79. The molecule has 1 rings (SSSR count). The van der Waals surface area contributed by atoms with Crippen LogP contribution in [-0.4, -0.2) is 13.3 Å². The van der Waals surface area contributed by atoms with Crippen LogP contribution in [0.2, 0.25) is 5.02 Å². The molecule has 0 atom stereocenters. The second kappa shape index (κ2) is 4.20. The number of hydrogen-bond acceptors (Lipinski definition) is 4. The fraction of sp³-hybridized carbons (Fsp3) is 0.250. The molecule has 0 aromatic heterocycles. The van der Waals surface area contributed by atoms with Gasteiger partial charge in [0.2, 0.25) is 0 Å². The average Bonchev–Trinajstić information content (AvgIpc) is 2.08. The maximum Gasteiger partial charge on any atom is 0.274 e. The van der Waals surface area contributed by atoms with Crippen LogP contribution >= 0.6 is 22.3 Å². The third kappa shape index (κ3) is 2.28. The van der Waals surface area contributed by atoms with E-state index in [1.54, 1.807) is 0 Å². The van der Waals surface area contributed by atoms with Gasteiger partial charge in [-0.3, -0.25) is 10.1 Å². The Morgan fingerprint density at radius 3 is 2.25 bits per heavy atom. The van der Waals surface area contributed by atoms with Crippen molar-refractivity contribution < 1.29 is 13.3 Å². The van der Waals surface area contributed by atoms with Crippen LogP contribution in [0.5, 0.6) is 0 Å². The van der Waals surface area contributed by atoms with E-state index >= 15 is 0 Å². The number of hydrogen-bond donors (Lipinski definition) is 0. The summed E-state index contributed by atoms with van der Waals surface area (Å²) in [5, 5.41) is 10.6. The normalized spacial score (nSPS) is 11.5. The van der Waals surface area contributed by atoms with Gasteiger partial charge in [-0.1, -0.05) is 11.6 Å². The Labute approximate surface area is 102 Å². The first-order valence-electron chi connectivity index (χ1n) is 4.05. The summed E-state index contributed by atoms with van der Waals surface area (Å²) in [6.07, 6.45) is 0. The summed E-state index contributed by atoms with van der Waals surface area (Å²) in [6.45, 7) is 2.76. The van der Waals surface area contributed by atoms with E-state index < -0.39 is 18.9 Å². The number of aryl methyl sites for hydroxylation is 1. The van der Waals surface area contributed by atoms with Crippen molar-refractivity contribution in [2.75, 3.05) is 0 Å². The first-order valence-corrected chi connectivity index (χ1v) is 6.73. The van der Waals surface area contributed by atoms with Gasteiger partial charge in [0.25, 0.3) is 14.7 Å². The molecule has 0 saturated heterocycles. The third-order valence-electron chi connectivity index (χ3n) is 2.06. The Balaban J connectivity index is 3.80. The van der Waals surface area contributed by atoms with Crippen molar-refractivity contribution in [2.45, 2.75) is 18.7 Å². The highest BCUT2D eigenvalue weighted by Crippen LogP contribution is 2.36. The van der Waals surface area contributed by atoms with E-state index in [0.29, 0.717) is 0 Å². The lowest BCUT2D eigenvalue weighted by Gasteiger charge is -2.08. The van der Waals surface area contributed by atoms with Crippen LogP contribution in [0.3, 0.4) is 0 Å². The van der Waals surface area contributed by atoms with Gasteiger partial charge >= 0.3 is 0 Å². The number of nitrogens with zero attached hydrogens (tertiary/aromatic N) is 1. The van der Waals surface area contributed by atoms with Gasteiger partial charge in [-0.15, -0.1) is 0 Å². The van der Waals surface area contributed by atoms with Crippen molar-refractivity contribution in [3.63, 3.8) is 0 Å². The Morgan fingerprint density at radius 2 is 1.88 bits per heavy atom. The minimum Gasteiger partial charge on any atom is -0.258 e. The maximum absolute atomic E-state index is 11.3. The number of rotatable bonds is 2. The lowest BCUT2D eigenvalue weighted by Crippen LogP contribution is -2.02. The molecule has 0 aliphatic heterocycles. The summed E-state index contributed by atoms with van der Waals surface area (Å²) in [4.78, 5) is 9.61. The van der Waals surface area contributed by atoms with E-state index in [4.69, 9.17) is 22.3 Å². The van der Waals surface area contributed by atoms with Crippen LogP contribution in [0.15, 0.2) is 11.0 Å². The zero-order valence-corrected chi connectivity index (χ0v) is 10.7. The van der Waals surface area contributed by atoms with Gasteiger partial charge in [0, 0.05) is 22.3 Å². The molecule has 0 radical (unpaired) electrons. The van der Waals surface area contributed by atoms with Crippen LogP contribution in [0.1, 0.15) is 11.1 Å². The molecule has 16 heavy (non-hydrogen) atoms. The topological polar surface area (TPSA) is 77.3 Å². The summed E-state index contributed by atoms with van der Waals surface area (Å²) in [6, 6.07) is 1.21. The van der Waals surface area contributed by atoms with Gasteiger partial charge in [0.1, 0.15) is 4.90 Å². The van der Waals surface area contributed by atoms with E-state index in [2.05, 4.69) is 0 Å². The predicted molar refractivity (Wildman–Crippen MR) is 60.6 cm³/mol. The number of halogens is 2.